The van der Waals surface area contributed by atoms with Gasteiger partial charge in [-0.15, -0.1) is 0 Å². The monoisotopic (exact) mass is 700 g/mol. The van der Waals surface area contributed by atoms with Crippen LogP contribution in [0.3, 0.4) is 0 Å². The first-order valence-electron chi connectivity index (χ1n) is 19.3. The van der Waals surface area contributed by atoms with Crippen molar-refractivity contribution in [2.45, 2.75) is 19.3 Å². The molecule has 2 nitrogen and oxygen atoms in total. The molecule has 55 heavy (non-hydrogen) atoms. The third-order valence-corrected chi connectivity index (χ3v) is 12.5. The molecule has 2 heterocycles. The molecular formula is C53H36N2. The molecule has 0 bridgehead atoms. The summed E-state index contributed by atoms with van der Waals surface area (Å²) in [6.45, 7) is 4.84. The van der Waals surface area contributed by atoms with Gasteiger partial charge in [-0.25, -0.2) is 0 Å². The summed E-state index contributed by atoms with van der Waals surface area (Å²) in [6.07, 6.45) is 0. The number of para-hydroxylation sites is 3. The van der Waals surface area contributed by atoms with Gasteiger partial charge in [-0.2, -0.15) is 0 Å². The number of rotatable bonds is 3. The molecule has 0 saturated heterocycles. The Labute approximate surface area is 319 Å². The van der Waals surface area contributed by atoms with Crippen LogP contribution in [0.2, 0.25) is 0 Å². The zero-order chi connectivity index (χ0) is 36.4. The minimum atomic E-state index is -0.217. The van der Waals surface area contributed by atoms with E-state index in [1.807, 2.05) is 0 Å². The van der Waals surface area contributed by atoms with Gasteiger partial charge >= 0.3 is 0 Å². The first kappa shape index (κ1) is 30.6. The molecule has 12 rings (SSSR count). The molecule has 0 saturated carbocycles. The molecule has 0 atom stereocenters. The summed E-state index contributed by atoms with van der Waals surface area (Å²) < 4.78 is 4.95. The van der Waals surface area contributed by atoms with Gasteiger partial charge in [-0.1, -0.05) is 147 Å². The Kier molecular flexibility index (Phi) is 6.15. The van der Waals surface area contributed by atoms with Gasteiger partial charge in [0, 0.05) is 43.7 Å². The number of fused-ring (bicyclic) bond motifs is 13. The molecule has 0 aliphatic heterocycles. The topological polar surface area (TPSA) is 9.86 Å². The van der Waals surface area contributed by atoms with E-state index in [0.29, 0.717) is 0 Å². The van der Waals surface area contributed by atoms with Gasteiger partial charge in [-0.05, 0) is 98.1 Å². The van der Waals surface area contributed by atoms with Crippen LogP contribution in [0, 0.1) is 0 Å². The summed E-state index contributed by atoms with van der Waals surface area (Å²) in [4.78, 5) is 0. The van der Waals surface area contributed by atoms with Crippen molar-refractivity contribution in [3.8, 4) is 33.6 Å². The van der Waals surface area contributed by atoms with E-state index in [4.69, 9.17) is 0 Å². The summed E-state index contributed by atoms with van der Waals surface area (Å²) >= 11 is 0. The van der Waals surface area contributed by atoms with Crippen molar-refractivity contribution in [2.24, 2.45) is 0 Å². The van der Waals surface area contributed by atoms with Crippen molar-refractivity contribution in [3.05, 3.63) is 193 Å². The second-order valence-corrected chi connectivity index (χ2v) is 15.7. The van der Waals surface area contributed by atoms with E-state index in [9.17, 15) is 0 Å². The molecule has 11 aromatic rings. The third-order valence-electron chi connectivity index (χ3n) is 12.5. The van der Waals surface area contributed by atoms with Gasteiger partial charge in [0.1, 0.15) is 0 Å². The zero-order valence-electron chi connectivity index (χ0n) is 30.7. The van der Waals surface area contributed by atoms with Gasteiger partial charge in [-0.3, -0.25) is 0 Å². The summed E-state index contributed by atoms with van der Waals surface area (Å²) in [5, 5.41) is 10.2. The van der Waals surface area contributed by atoms with Gasteiger partial charge in [0.2, 0.25) is 0 Å². The lowest BCUT2D eigenvalue weighted by Crippen LogP contribution is -2.15. The number of benzene rings is 9. The molecule has 0 spiro atoms. The molecular weight excluding hydrogens is 665 g/mol. The highest BCUT2D eigenvalue weighted by molar-refractivity contribution is 6.26. The standard InChI is InChI=1S/C53H36N2/c1-53(2)43-29-26-33-15-9-11-21-38(33)49(43)51-44(53)32-47-50(41-28-25-34-16-10-12-22-39(34)52(41)55(47)37-19-7-4-8-20-37)48(51)35-27-30-46-42(31-35)40-23-13-14-24-45(40)54(46)36-17-5-3-6-18-36/h3-32H,1-2H3. The van der Waals surface area contributed by atoms with E-state index in [2.05, 4.69) is 205 Å². The van der Waals surface area contributed by atoms with E-state index >= 15 is 0 Å². The molecule has 0 N–H and O–H groups in total. The summed E-state index contributed by atoms with van der Waals surface area (Å²) in [6, 6.07) is 67.5. The lowest BCUT2D eigenvalue weighted by molar-refractivity contribution is 0.661. The molecule has 1 aliphatic rings. The second kappa shape index (κ2) is 11.1. The fourth-order valence-corrected chi connectivity index (χ4v) is 10.0. The quantitative estimate of drug-likeness (QED) is 0.174. The SMILES string of the molecule is CC1(C)c2cc3c(c(-c4ccc5c(c4)c4ccccc4n5-c4ccccc4)c2-c2c1ccc1ccccc21)c1ccc2ccccc2c1n3-c1ccccc1. The molecule has 1 aliphatic carbocycles. The Bertz CT molecular complexity index is 3380. The molecule has 2 heteroatoms. The highest BCUT2D eigenvalue weighted by atomic mass is 15.0. The number of aromatic nitrogens is 2. The first-order valence-corrected chi connectivity index (χ1v) is 19.3. The maximum absolute atomic E-state index is 2.54. The van der Waals surface area contributed by atoms with Crippen LogP contribution in [0.25, 0.3) is 98.8 Å². The first-order chi connectivity index (χ1) is 27.1. The predicted octanol–water partition coefficient (Wildman–Crippen LogP) is 14.2. The predicted molar refractivity (Wildman–Crippen MR) is 233 cm³/mol. The molecule has 0 amide bonds. The molecule has 258 valence electrons. The Morgan fingerprint density at radius 1 is 0.364 bits per heavy atom. The van der Waals surface area contributed by atoms with Crippen LogP contribution < -0.4 is 0 Å². The minimum Gasteiger partial charge on any atom is -0.309 e. The Balaban J connectivity index is 1.31. The third kappa shape index (κ3) is 4.09. The lowest BCUT2D eigenvalue weighted by Gasteiger charge is -2.23. The number of hydrogen-bond acceptors (Lipinski definition) is 0. The normalized spacial score (nSPS) is 13.4. The highest BCUT2D eigenvalue weighted by Gasteiger charge is 2.40. The van der Waals surface area contributed by atoms with Crippen molar-refractivity contribution in [3.63, 3.8) is 0 Å². The lowest BCUT2D eigenvalue weighted by atomic mass is 9.81. The average Bonchev–Trinajstić information content (AvgIpc) is 3.83. The molecule has 0 radical (unpaired) electrons. The van der Waals surface area contributed by atoms with E-state index in [-0.39, 0.29) is 5.41 Å². The van der Waals surface area contributed by atoms with Crippen molar-refractivity contribution < 1.29 is 0 Å². The smallest absolute Gasteiger partial charge is 0.0619 e. The fraction of sp³-hybridized carbons (Fsp3) is 0.0566. The van der Waals surface area contributed by atoms with Crippen LogP contribution in [0.4, 0.5) is 0 Å². The Hall–Kier alpha value is -6.90. The number of nitrogens with zero attached hydrogens (tertiary/aromatic N) is 2. The van der Waals surface area contributed by atoms with Crippen molar-refractivity contribution in [1.82, 2.24) is 9.13 Å². The van der Waals surface area contributed by atoms with Crippen LogP contribution in [-0.4, -0.2) is 9.13 Å². The van der Waals surface area contributed by atoms with Crippen LogP contribution in [0.5, 0.6) is 0 Å². The van der Waals surface area contributed by atoms with Gasteiger partial charge in [0.05, 0.1) is 22.1 Å². The van der Waals surface area contributed by atoms with Gasteiger partial charge in [0.25, 0.3) is 0 Å². The van der Waals surface area contributed by atoms with Crippen molar-refractivity contribution in [2.75, 3.05) is 0 Å². The molecule has 2 aromatic heterocycles. The summed E-state index contributed by atoms with van der Waals surface area (Å²) in [5.74, 6) is 0. The van der Waals surface area contributed by atoms with Crippen molar-refractivity contribution >= 4 is 65.2 Å². The van der Waals surface area contributed by atoms with Crippen LogP contribution in [0.15, 0.2) is 182 Å². The molecule has 0 unspecified atom stereocenters. The summed E-state index contributed by atoms with van der Waals surface area (Å²) in [7, 11) is 0. The summed E-state index contributed by atoms with van der Waals surface area (Å²) in [5.41, 5.74) is 15.1. The van der Waals surface area contributed by atoms with E-state index in [1.54, 1.807) is 0 Å². The molecule has 9 aromatic carbocycles. The van der Waals surface area contributed by atoms with Crippen LogP contribution >= 0.6 is 0 Å². The largest absolute Gasteiger partial charge is 0.309 e. The maximum Gasteiger partial charge on any atom is 0.0619 e. The number of hydrogen-bond donors (Lipinski definition) is 0. The highest BCUT2D eigenvalue weighted by Crippen LogP contribution is 2.58. The zero-order valence-corrected chi connectivity index (χ0v) is 30.7. The van der Waals surface area contributed by atoms with Crippen LogP contribution in [0.1, 0.15) is 25.0 Å². The van der Waals surface area contributed by atoms with Gasteiger partial charge in [0.15, 0.2) is 0 Å². The second-order valence-electron chi connectivity index (χ2n) is 15.7. The maximum atomic E-state index is 2.54. The van der Waals surface area contributed by atoms with Crippen molar-refractivity contribution in [1.29, 1.82) is 0 Å². The fourth-order valence-electron chi connectivity index (χ4n) is 10.0. The Morgan fingerprint density at radius 2 is 0.964 bits per heavy atom. The van der Waals surface area contributed by atoms with E-state index in [1.165, 1.54) is 110 Å². The molecule has 0 fully saturated rings. The van der Waals surface area contributed by atoms with E-state index < -0.39 is 0 Å². The Morgan fingerprint density at radius 3 is 1.73 bits per heavy atom. The average molecular weight is 701 g/mol. The van der Waals surface area contributed by atoms with Gasteiger partial charge < -0.3 is 9.13 Å². The minimum absolute atomic E-state index is 0.217. The van der Waals surface area contributed by atoms with E-state index in [0.717, 1.165) is 0 Å². The van der Waals surface area contributed by atoms with Crippen LogP contribution in [-0.2, 0) is 5.41 Å².